The molecular weight excluding hydrogens is 467 g/mol. The number of hydrogen-bond donors (Lipinski definition) is 0. The van der Waals surface area contributed by atoms with Crippen molar-refractivity contribution in [2.45, 2.75) is 54.9 Å². The van der Waals surface area contributed by atoms with E-state index in [1.54, 1.807) is 30.3 Å². The third-order valence-electron chi connectivity index (χ3n) is 5.18. The number of anilines is 1. The largest absolute Gasteiger partial charge is 0.348 e. The Hall–Kier alpha value is -3.72. The molecule has 0 saturated carbocycles. The summed E-state index contributed by atoms with van der Waals surface area (Å²) in [4.78, 5) is 5.75. The number of hydrogen-bond acceptors (Lipinski definition) is 2. The lowest BCUT2D eigenvalue weighted by atomic mass is 9.94. The van der Waals surface area contributed by atoms with Crippen molar-refractivity contribution in [3.05, 3.63) is 138 Å². The van der Waals surface area contributed by atoms with E-state index in [-0.39, 0.29) is 5.82 Å². The second-order valence-corrected chi connectivity index (χ2v) is 8.20. The molecular formula is C35H49FN2. The summed E-state index contributed by atoms with van der Waals surface area (Å²) < 4.78 is 14.1. The van der Waals surface area contributed by atoms with Crippen LogP contribution in [0.4, 0.5) is 10.1 Å². The summed E-state index contributed by atoms with van der Waals surface area (Å²) in [5, 5.41) is 0. The molecule has 0 radical (unpaired) electrons. The van der Waals surface area contributed by atoms with Gasteiger partial charge >= 0.3 is 0 Å². The van der Waals surface area contributed by atoms with Gasteiger partial charge in [0.2, 0.25) is 0 Å². The molecule has 2 aromatic carbocycles. The lowest BCUT2D eigenvalue weighted by Gasteiger charge is -2.20. The molecule has 0 unspecified atom stereocenters. The van der Waals surface area contributed by atoms with Crippen molar-refractivity contribution in [2.24, 2.45) is 4.99 Å². The van der Waals surface area contributed by atoms with E-state index in [1.165, 1.54) is 11.6 Å². The van der Waals surface area contributed by atoms with Crippen LogP contribution in [-0.2, 0) is 0 Å². The fourth-order valence-electron chi connectivity index (χ4n) is 2.97. The number of aliphatic imine (C=N–C) groups is 1. The summed E-state index contributed by atoms with van der Waals surface area (Å²) in [7, 11) is 3.57. The molecule has 2 nitrogen and oxygen atoms in total. The predicted octanol–water partition coefficient (Wildman–Crippen LogP) is 10.4. The Morgan fingerprint density at radius 1 is 1.00 bits per heavy atom. The maximum absolute atomic E-state index is 14.1. The van der Waals surface area contributed by atoms with Gasteiger partial charge in [-0.3, -0.25) is 4.99 Å². The maximum Gasteiger partial charge on any atom is 0.146 e. The van der Waals surface area contributed by atoms with E-state index in [9.17, 15) is 4.39 Å². The van der Waals surface area contributed by atoms with Crippen LogP contribution in [-0.4, -0.2) is 20.3 Å². The van der Waals surface area contributed by atoms with E-state index in [1.807, 2.05) is 90.4 Å². The Bertz CT molecular complexity index is 1090. The molecule has 206 valence electrons. The molecule has 0 heterocycles. The highest BCUT2D eigenvalue weighted by molar-refractivity contribution is 5.74. The number of halogens is 1. The van der Waals surface area contributed by atoms with Crippen LogP contribution < -0.4 is 4.90 Å². The topological polar surface area (TPSA) is 15.6 Å². The van der Waals surface area contributed by atoms with Crippen LogP contribution in [0.1, 0.15) is 52.2 Å². The van der Waals surface area contributed by atoms with Crippen LogP contribution in [0.15, 0.2) is 126 Å². The summed E-state index contributed by atoms with van der Waals surface area (Å²) in [5.41, 5.74) is 6.63. The predicted molar refractivity (Wildman–Crippen MR) is 172 cm³/mol. The van der Waals surface area contributed by atoms with Crippen LogP contribution in [0.3, 0.4) is 0 Å². The average molecular weight is 517 g/mol. The third-order valence-corrected chi connectivity index (χ3v) is 5.18. The molecule has 0 aromatic heterocycles. The van der Waals surface area contributed by atoms with Gasteiger partial charge in [0.25, 0.3) is 0 Å². The SMILES string of the molecule is C=C(C(=C)/C(C)=C/C=NC)/C(=C\N(C)c1cc(C)ccc1F)CC.C=C/C=C\C.CC.Cc1ccccc1. The van der Waals surface area contributed by atoms with Crippen molar-refractivity contribution in [3.63, 3.8) is 0 Å². The zero-order valence-corrected chi connectivity index (χ0v) is 25.2. The van der Waals surface area contributed by atoms with Gasteiger partial charge in [0.1, 0.15) is 5.82 Å². The summed E-state index contributed by atoms with van der Waals surface area (Å²) in [6.45, 7) is 25.8. The normalized spacial score (nSPS) is 10.9. The summed E-state index contributed by atoms with van der Waals surface area (Å²) in [5.74, 6) is -0.241. The standard InChI is InChI=1S/C21H27FN2.C7H8.C5H8.C2H6/c1-8-19(18(5)17(4)16(3)11-12-23-6)14-24(7)21-13-15(2)9-10-20(21)22;1-7-5-3-2-4-6-7;1-3-5-4-2;1-2/h9-14H,4-5,8H2,1-3,6-7H3;2-6H,1H3;3-5H,1H2,2H3;1-2H3/b16-11+,19-14-,23-12?;;5-4-;. The molecule has 2 aromatic rings. The van der Waals surface area contributed by atoms with E-state index in [2.05, 4.69) is 50.7 Å². The average Bonchev–Trinajstić information content (AvgIpc) is 2.93. The first kappa shape index (κ1) is 36.4. The zero-order chi connectivity index (χ0) is 29.5. The van der Waals surface area contributed by atoms with Gasteiger partial charge in [-0.25, -0.2) is 4.39 Å². The lowest BCUT2D eigenvalue weighted by molar-refractivity contribution is 0.627. The molecule has 0 aliphatic heterocycles. The molecule has 0 amide bonds. The first-order valence-corrected chi connectivity index (χ1v) is 13.1. The number of rotatable bonds is 8. The molecule has 38 heavy (non-hydrogen) atoms. The van der Waals surface area contributed by atoms with E-state index >= 15 is 0 Å². The monoisotopic (exact) mass is 516 g/mol. The Morgan fingerprint density at radius 2 is 1.61 bits per heavy atom. The smallest absolute Gasteiger partial charge is 0.146 e. The summed E-state index contributed by atoms with van der Waals surface area (Å²) in [6, 6.07) is 15.4. The Balaban J connectivity index is 0. The molecule has 0 aliphatic carbocycles. The van der Waals surface area contributed by atoms with E-state index in [0.29, 0.717) is 5.69 Å². The number of aryl methyl sites for hydroxylation is 2. The fourth-order valence-corrected chi connectivity index (χ4v) is 2.97. The minimum Gasteiger partial charge on any atom is -0.348 e. The van der Waals surface area contributed by atoms with Crippen LogP contribution in [0.25, 0.3) is 0 Å². The molecule has 0 spiro atoms. The Labute approximate surface area is 233 Å². The summed E-state index contributed by atoms with van der Waals surface area (Å²) >= 11 is 0. The third kappa shape index (κ3) is 15.4. The quantitative estimate of drug-likeness (QED) is 0.252. The van der Waals surface area contributed by atoms with Crippen molar-refractivity contribution < 1.29 is 4.39 Å². The van der Waals surface area contributed by atoms with Gasteiger partial charge in [-0.15, -0.1) is 0 Å². The van der Waals surface area contributed by atoms with Crippen LogP contribution in [0.2, 0.25) is 0 Å². The van der Waals surface area contributed by atoms with Crippen LogP contribution in [0, 0.1) is 19.7 Å². The fraction of sp³-hybridized carbons (Fsp3) is 0.286. The molecule has 2 rings (SSSR count). The number of benzene rings is 2. The van der Waals surface area contributed by atoms with E-state index < -0.39 is 0 Å². The van der Waals surface area contributed by atoms with Gasteiger partial charge < -0.3 is 4.90 Å². The Morgan fingerprint density at radius 3 is 2.03 bits per heavy atom. The van der Waals surface area contributed by atoms with Crippen molar-refractivity contribution >= 4 is 11.9 Å². The van der Waals surface area contributed by atoms with Gasteiger partial charge in [-0.05, 0) is 80.2 Å². The van der Waals surface area contributed by atoms with Gasteiger partial charge in [-0.1, -0.05) is 101 Å². The zero-order valence-electron chi connectivity index (χ0n) is 25.2. The highest BCUT2D eigenvalue weighted by Gasteiger charge is 2.11. The second kappa shape index (κ2) is 22.5. The van der Waals surface area contributed by atoms with Crippen molar-refractivity contribution in [3.8, 4) is 0 Å². The van der Waals surface area contributed by atoms with Gasteiger partial charge in [0.15, 0.2) is 0 Å². The Kier molecular flexibility index (Phi) is 21.6. The molecule has 0 aliphatic rings. The van der Waals surface area contributed by atoms with Gasteiger partial charge in [0.05, 0.1) is 5.69 Å². The van der Waals surface area contributed by atoms with E-state index in [0.717, 1.165) is 34.3 Å². The van der Waals surface area contributed by atoms with Crippen molar-refractivity contribution in [1.29, 1.82) is 0 Å². The molecule has 0 bridgehead atoms. The number of allylic oxidation sites excluding steroid dienone is 8. The summed E-state index contributed by atoms with van der Waals surface area (Å²) in [6.07, 6.45) is 11.9. The second-order valence-electron chi connectivity index (χ2n) is 8.20. The first-order chi connectivity index (χ1) is 18.1. The number of nitrogens with zero attached hydrogens (tertiary/aromatic N) is 2. The molecule has 0 fully saturated rings. The van der Waals surface area contributed by atoms with Gasteiger partial charge in [-0.2, -0.15) is 0 Å². The van der Waals surface area contributed by atoms with E-state index in [4.69, 9.17) is 0 Å². The molecule has 0 atom stereocenters. The molecule has 3 heteroatoms. The molecule has 0 saturated heterocycles. The highest BCUT2D eigenvalue weighted by atomic mass is 19.1. The van der Waals surface area contributed by atoms with Gasteiger partial charge in [0, 0.05) is 26.5 Å². The minimum atomic E-state index is -0.241. The minimum absolute atomic E-state index is 0.241. The maximum atomic E-state index is 14.1. The van der Waals surface area contributed by atoms with Crippen LogP contribution >= 0.6 is 0 Å². The van der Waals surface area contributed by atoms with Crippen molar-refractivity contribution in [2.75, 3.05) is 19.0 Å². The van der Waals surface area contributed by atoms with Crippen molar-refractivity contribution in [1.82, 2.24) is 0 Å². The first-order valence-electron chi connectivity index (χ1n) is 13.1. The lowest BCUT2D eigenvalue weighted by Crippen LogP contribution is -2.12. The molecule has 0 N–H and O–H groups in total. The highest BCUT2D eigenvalue weighted by Crippen LogP contribution is 2.27. The van der Waals surface area contributed by atoms with Crippen LogP contribution in [0.5, 0.6) is 0 Å².